The van der Waals surface area contributed by atoms with Gasteiger partial charge in [-0.05, 0) is 48.2 Å². The van der Waals surface area contributed by atoms with E-state index in [1.807, 2.05) is 0 Å². The zero-order valence-electron chi connectivity index (χ0n) is 23.2. The molecular formula is C33H23F9O3. The molecule has 0 spiro atoms. The van der Waals surface area contributed by atoms with E-state index >= 15 is 8.78 Å². The molecule has 0 aliphatic carbocycles. The Hall–Kier alpha value is -4.29. The van der Waals surface area contributed by atoms with Crippen molar-refractivity contribution in [2.45, 2.75) is 25.2 Å². The second-order valence-corrected chi connectivity index (χ2v) is 10.3. The van der Waals surface area contributed by atoms with Crippen LogP contribution in [0, 0.1) is 46.6 Å². The normalized spacial score (nSPS) is 16.9. The summed E-state index contributed by atoms with van der Waals surface area (Å²) < 4.78 is 145. The summed E-state index contributed by atoms with van der Waals surface area (Å²) >= 11 is 0. The number of alkyl halides is 2. The summed E-state index contributed by atoms with van der Waals surface area (Å²) in [6.45, 7) is 4.53. The predicted molar refractivity (Wildman–Crippen MR) is 146 cm³/mol. The Morgan fingerprint density at radius 2 is 1.27 bits per heavy atom. The predicted octanol–water partition coefficient (Wildman–Crippen LogP) is 9.75. The third-order valence-electron chi connectivity index (χ3n) is 7.14. The summed E-state index contributed by atoms with van der Waals surface area (Å²) in [4.78, 5) is 0. The molecule has 0 unspecified atom stereocenters. The Balaban J connectivity index is 1.35. The van der Waals surface area contributed by atoms with Crippen molar-refractivity contribution in [1.29, 1.82) is 0 Å². The van der Waals surface area contributed by atoms with E-state index in [1.165, 1.54) is 18.2 Å². The first-order chi connectivity index (χ1) is 21.4. The maximum atomic E-state index is 15.2. The molecule has 0 saturated carbocycles. The molecule has 1 aliphatic heterocycles. The molecule has 0 N–H and O–H groups in total. The number of ether oxygens (including phenoxy) is 3. The van der Waals surface area contributed by atoms with Crippen LogP contribution in [0.4, 0.5) is 39.5 Å². The first-order valence-electron chi connectivity index (χ1n) is 13.5. The van der Waals surface area contributed by atoms with Crippen LogP contribution < -0.4 is 4.74 Å². The molecule has 0 amide bonds. The van der Waals surface area contributed by atoms with Crippen LogP contribution in [0.2, 0.25) is 0 Å². The number of benzene rings is 4. The Morgan fingerprint density at radius 1 is 0.711 bits per heavy atom. The molecule has 236 valence electrons. The van der Waals surface area contributed by atoms with Crippen LogP contribution in [0.3, 0.4) is 0 Å². The minimum absolute atomic E-state index is 0.00188. The van der Waals surface area contributed by atoms with Gasteiger partial charge in [-0.3, -0.25) is 0 Å². The Morgan fingerprint density at radius 3 is 1.84 bits per heavy atom. The maximum Gasteiger partial charge on any atom is 0.432 e. The van der Waals surface area contributed by atoms with Gasteiger partial charge in [0.2, 0.25) is 0 Å². The summed E-state index contributed by atoms with van der Waals surface area (Å²) in [6.07, 6.45) is -2.13. The standard InChI is InChI=1S/C33H23F9O3/c1-2-3-4-17-15-43-32(44-16-17)19-6-8-22(25(35)10-19)18-5-7-23(24(34)9-18)20-11-26(36)30(27(37)12-20)33(41,42)45-21-13-28(38)31(40)29(39)14-21/h2,5-14,17,32H,1,3-4,15-16H2. The Labute approximate surface area is 251 Å². The molecule has 1 fully saturated rings. The second-order valence-electron chi connectivity index (χ2n) is 10.3. The van der Waals surface area contributed by atoms with Crippen LogP contribution in [-0.2, 0) is 15.6 Å². The molecule has 3 nitrogen and oxygen atoms in total. The third-order valence-corrected chi connectivity index (χ3v) is 7.14. The molecule has 4 aromatic carbocycles. The van der Waals surface area contributed by atoms with Gasteiger partial charge < -0.3 is 14.2 Å². The van der Waals surface area contributed by atoms with Crippen LogP contribution in [-0.4, -0.2) is 13.2 Å². The molecule has 12 heteroatoms. The number of hydrogen-bond donors (Lipinski definition) is 0. The van der Waals surface area contributed by atoms with Crippen molar-refractivity contribution >= 4 is 0 Å². The summed E-state index contributed by atoms with van der Waals surface area (Å²) in [7, 11) is 0. The van der Waals surface area contributed by atoms with Crippen molar-refractivity contribution in [2.24, 2.45) is 5.92 Å². The lowest BCUT2D eigenvalue weighted by Crippen LogP contribution is -2.27. The molecular weight excluding hydrogens is 615 g/mol. The van der Waals surface area contributed by atoms with Crippen LogP contribution >= 0.6 is 0 Å². The highest BCUT2D eigenvalue weighted by atomic mass is 19.3. The fourth-order valence-electron chi connectivity index (χ4n) is 4.88. The summed E-state index contributed by atoms with van der Waals surface area (Å²) in [5.41, 5.74) is -2.33. The molecule has 0 aromatic heterocycles. The smallest absolute Gasteiger partial charge is 0.429 e. The van der Waals surface area contributed by atoms with E-state index in [9.17, 15) is 30.7 Å². The second kappa shape index (κ2) is 13.0. The molecule has 5 rings (SSSR count). The van der Waals surface area contributed by atoms with Gasteiger partial charge in [-0.1, -0.05) is 30.3 Å². The molecule has 1 aliphatic rings. The fourth-order valence-corrected chi connectivity index (χ4v) is 4.88. The van der Waals surface area contributed by atoms with Crippen molar-refractivity contribution in [1.82, 2.24) is 0 Å². The average molecular weight is 639 g/mol. The van der Waals surface area contributed by atoms with Gasteiger partial charge >= 0.3 is 6.11 Å². The minimum atomic E-state index is -4.81. The van der Waals surface area contributed by atoms with Gasteiger partial charge in [0.25, 0.3) is 0 Å². The van der Waals surface area contributed by atoms with E-state index in [0.717, 1.165) is 25.0 Å². The van der Waals surface area contributed by atoms with Gasteiger partial charge in [0, 0.05) is 34.7 Å². The topological polar surface area (TPSA) is 27.7 Å². The van der Waals surface area contributed by atoms with Gasteiger partial charge in [0.05, 0.1) is 13.2 Å². The molecule has 4 aromatic rings. The summed E-state index contributed by atoms with van der Waals surface area (Å²) in [5.74, 6) is -12.3. The van der Waals surface area contributed by atoms with Gasteiger partial charge in [0.15, 0.2) is 23.7 Å². The summed E-state index contributed by atoms with van der Waals surface area (Å²) in [6, 6.07) is 8.35. The molecule has 0 bridgehead atoms. The molecule has 45 heavy (non-hydrogen) atoms. The van der Waals surface area contributed by atoms with E-state index in [0.29, 0.717) is 30.9 Å². The van der Waals surface area contributed by atoms with Crippen molar-refractivity contribution in [2.75, 3.05) is 13.2 Å². The minimum Gasteiger partial charge on any atom is -0.429 e. The highest BCUT2D eigenvalue weighted by Gasteiger charge is 2.41. The lowest BCUT2D eigenvalue weighted by atomic mass is 9.97. The first-order valence-corrected chi connectivity index (χ1v) is 13.5. The Bertz CT molecular complexity index is 1690. The van der Waals surface area contributed by atoms with Crippen molar-refractivity contribution in [3.8, 4) is 28.0 Å². The zero-order valence-corrected chi connectivity index (χ0v) is 23.2. The van der Waals surface area contributed by atoms with E-state index in [2.05, 4.69) is 11.3 Å². The zero-order chi connectivity index (χ0) is 32.5. The van der Waals surface area contributed by atoms with Crippen molar-refractivity contribution in [3.63, 3.8) is 0 Å². The molecule has 0 atom stereocenters. The highest BCUT2D eigenvalue weighted by molar-refractivity contribution is 5.72. The number of halogens is 9. The molecule has 0 radical (unpaired) electrons. The summed E-state index contributed by atoms with van der Waals surface area (Å²) in [5, 5.41) is 0. The van der Waals surface area contributed by atoms with E-state index in [4.69, 9.17) is 9.47 Å². The Kier molecular flexibility index (Phi) is 9.26. The van der Waals surface area contributed by atoms with Gasteiger partial charge in [-0.25, -0.2) is 30.7 Å². The SMILES string of the molecule is C=CCCC1COC(c2ccc(-c3ccc(-c4cc(F)c(C(F)(F)Oc5cc(F)c(F)c(F)c5)c(F)c4)c(F)c3)c(F)c2)OC1. The number of allylic oxidation sites excluding steroid dienone is 1. The number of rotatable bonds is 9. The van der Waals surface area contributed by atoms with Crippen molar-refractivity contribution in [3.05, 3.63) is 125 Å². The number of hydrogen-bond acceptors (Lipinski definition) is 3. The maximum absolute atomic E-state index is 15.2. The molecule has 1 heterocycles. The first kappa shape index (κ1) is 32.1. The van der Waals surface area contributed by atoms with E-state index < -0.39 is 75.6 Å². The monoisotopic (exact) mass is 638 g/mol. The lowest BCUT2D eigenvalue weighted by molar-refractivity contribution is -0.205. The quantitative estimate of drug-likeness (QED) is 0.104. The molecule has 1 saturated heterocycles. The fraction of sp³-hybridized carbons (Fsp3) is 0.212. The largest absolute Gasteiger partial charge is 0.432 e. The van der Waals surface area contributed by atoms with E-state index in [1.54, 1.807) is 12.1 Å². The van der Waals surface area contributed by atoms with Gasteiger partial charge in [-0.15, -0.1) is 6.58 Å². The lowest BCUT2D eigenvalue weighted by Gasteiger charge is -2.29. The average Bonchev–Trinajstić information content (AvgIpc) is 2.98. The third kappa shape index (κ3) is 6.86. The van der Waals surface area contributed by atoms with Crippen molar-refractivity contribution < 1.29 is 53.7 Å². The van der Waals surface area contributed by atoms with Gasteiger partial charge in [-0.2, -0.15) is 8.78 Å². The van der Waals surface area contributed by atoms with Crippen LogP contribution in [0.5, 0.6) is 5.75 Å². The van der Waals surface area contributed by atoms with Gasteiger partial charge in [0.1, 0.15) is 34.6 Å². The highest BCUT2D eigenvalue weighted by Crippen LogP contribution is 2.39. The van der Waals surface area contributed by atoms with Crippen LogP contribution in [0.1, 0.15) is 30.3 Å². The van der Waals surface area contributed by atoms with Crippen LogP contribution in [0.25, 0.3) is 22.3 Å². The van der Waals surface area contributed by atoms with Crippen LogP contribution in [0.15, 0.2) is 73.3 Å². The van der Waals surface area contributed by atoms with E-state index in [-0.39, 0.29) is 29.2 Å².